The van der Waals surface area contributed by atoms with Gasteiger partial charge >= 0.3 is 31.5 Å². The van der Waals surface area contributed by atoms with Crippen molar-refractivity contribution < 1.29 is 51.3 Å². The van der Waals surface area contributed by atoms with Crippen LogP contribution in [0.3, 0.4) is 0 Å². The van der Waals surface area contributed by atoms with Gasteiger partial charge in [0.05, 0.1) is 25.9 Å². The Kier molecular flexibility index (Phi) is 14.0. The first kappa shape index (κ1) is 39.7. The summed E-state index contributed by atoms with van der Waals surface area (Å²) in [5.41, 5.74) is -4.10. The Hall–Kier alpha value is -3.70. The number of amides is 1. The van der Waals surface area contributed by atoms with Crippen molar-refractivity contribution in [2.75, 3.05) is 20.0 Å². The van der Waals surface area contributed by atoms with E-state index in [0.717, 1.165) is 23.9 Å². The highest BCUT2D eigenvalue weighted by Gasteiger charge is 2.48. The lowest BCUT2D eigenvalue weighted by atomic mass is 10.0. The molecule has 2 aromatic rings. The number of hydrogen-bond donors (Lipinski definition) is 2. The van der Waals surface area contributed by atoms with Crippen LogP contribution in [0.25, 0.3) is 0 Å². The summed E-state index contributed by atoms with van der Waals surface area (Å²) >= 11 is 1.25. The molecule has 1 aromatic heterocycles. The van der Waals surface area contributed by atoms with Gasteiger partial charge in [0.2, 0.25) is 0 Å². The lowest BCUT2D eigenvalue weighted by Gasteiger charge is -2.25. The van der Waals surface area contributed by atoms with Crippen molar-refractivity contribution in [2.24, 2.45) is 0 Å². The second-order valence-corrected chi connectivity index (χ2v) is 14.5. The molecule has 49 heavy (non-hydrogen) atoms. The molecule has 0 aliphatic carbocycles. The van der Waals surface area contributed by atoms with Gasteiger partial charge in [-0.1, -0.05) is 25.1 Å². The number of nitrogens with one attached hydrogen (secondary N) is 2. The first-order valence-corrected chi connectivity index (χ1v) is 18.0. The van der Waals surface area contributed by atoms with E-state index in [4.69, 9.17) is 23.3 Å². The molecule has 272 valence electrons. The average Bonchev–Trinajstić information content (AvgIpc) is 3.35. The molecular formula is C30H42FN4O12PS. The second-order valence-electron chi connectivity index (χ2n) is 11.5. The first-order chi connectivity index (χ1) is 23.0. The second kappa shape index (κ2) is 17.3. The molecular weight excluding hydrogens is 690 g/mol. The summed E-state index contributed by atoms with van der Waals surface area (Å²) in [6.45, 7) is 6.21. The smallest absolute Gasteiger partial charge is 0.459 e. The third-order valence-corrected chi connectivity index (χ3v) is 9.82. The van der Waals surface area contributed by atoms with Crippen LogP contribution in [0.5, 0.6) is 5.75 Å². The number of aromatic nitrogens is 2. The molecule has 1 aliphatic heterocycles. The molecule has 0 bridgehead atoms. The lowest BCUT2D eigenvalue weighted by molar-refractivity contribution is -0.150. The fourth-order valence-corrected chi connectivity index (χ4v) is 6.60. The number of thioether (sulfide) groups is 1. The molecule has 1 aliphatic rings. The summed E-state index contributed by atoms with van der Waals surface area (Å²) < 4.78 is 63.2. The van der Waals surface area contributed by atoms with Gasteiger partial charge in [-0.2, -0.15) is 16.8 Å². The fourth-order valence-electron chi connectivity index (χ4n) is 4.62. The molecule has 0 saturated carbocycles. The van der Waals surface area contributed by atoms with Crippen molar-refractivity contribution in [3.8, 4) is 5.75 Å². The van der Waals surface area contributed by atoms with Crippen LogP contribution in [0, 0.1) is 0 Å². The van der Waals surface area contributed by atoms with E-state index in [9.17, 15) is 28.5 Å². The van der Waals surface area contributed by atoms with E-state index in [-0.39, 0.29) is 12.2 Å². The molecule has 0 radical (unpaired) electrons. The minimum Gasteiger partial charge on any atom is -0.462 e. The number of ether oxygens (including phenoxy) is 4. The van der Waals surface area contributed by atoms with Crippen molar-refractivity contribution in [2.45, 2.75) is 89.2 Å². The van der Waals surface area contributed by atoms with E-state index in [1.165, 1.54) is 37.7 Å². The Balaban J connectivity index is 1.78. The zero-order valence-corrected chi connectivity index (χ0v) is 29.9. The van der Waals surface area contributed by atoms with Crippen LogP contribution in [-0.2, 0) is 44.4 Å². The van der Waals surface area contributed by atoms with Gasteiger partial charge in [0.1, 0.15) is 17.8 Å². The fraction of sp³-hybridized carbons (Fsp3) is 0.567. The van der Waals surface area contributed by atoms with Crippen LogP contribution in [0.15, 0.2) is 52.2 Å². The highest BCUT2D eigenvalue weighted by Crippen LogP contribution is 2.47. The number of alkyl carbamates (subject to hydrolysis) is 1. The molecule has 1 amide bonds. The zero-order valence-electron chi connectivity index (χ0n) is 28.2. The topological polar surface area (TPSA) is 192 Å². The summed E-state index contributed by atoms with van der Waals surface area (Å²) in [5.74, 6) is -1.49. The standard InChI is InChI=1S/C30H42FN4O12PS/c1-18(2)45-25(37)19(3)33-48(41,47-21-11-9-8-10-12-21)44-16-22-15-30(5,31)27(46-22)34-14-13-23(36)35(29(34)40)17-43-26(38)24(20(4)49-7)32-28(39)42-6/h8-14,18-20,22,24,27H,15-17H2,1-7H3,(H,32,39)(H,33,41)/t19-,20?,22-,24-,27+,30+,48?/m0/s1. The van der Waals surface area contributed by atoms with Gasteiger partial charge < -0.3 is 28.8 Å². The number of alkyl halides is 1. The van der Waals surface area contributed by atoms with Gasteiger partial charge in [0.15, 0.2) is 18.6 Å². The van der Waals surface area contributed by atoms with Gasteiger partial charge in [-0.15, -0.1) is 0 Å². The van der Waals surface area contributed by atoms with Crippen LogP contribution < -0.4 is 26.2 Å². The van der Waals surface area contributed by atoms with Crippen molar-refractivity contribution >= 4 is 37.5 Å². The van der Waals surface area contributed by atoms with Crippen LogP contribution in [0.4, 0.5) is 9.18 Å². The van der Waals surface area contributed by atoms with E-state index < -0.39 is 91.8 Å². The minimum atomic E-state index is -4.30. The SMILES string of the molecule is COC(=O)N[C@H](C(=O)OCn1c(=O)ccn([C@@H]2O[C@H](COP(=O)(N[C@@H](C)C(=O)OC(C)C)Oc3ccccc3)C[C@@]2(C)F)c1=O)C(C)SC. The van der Waals surface area contributed by atoms with Crippen LogP contribution in [0.1, 0.15) is 47.3 Å². The van der Waals surface area contributed by atoms with Crippen molar-refractivity contribution in [3.05, 3.63) is 63.4 Å². The van der Waals surface area contributed by atoms with E-state index in [2.05, 4.69) is 15.1 Å². The summed E-state index contributed by atoms with van der Waals surface area (Å²) in [6.07, 6.45) is -1.57. The molecule has 7 atom stereocenters. The summed E-state index contributed by atoms with van der Waals surface area (Å²) in [6, 6.07) is 6.70. The molecule has 2 N–H and O–H groups in total. The van der Waals surface area contributed by atoms with E-state index in [1.807, 2.05) is 0 Å². The third-order valence-electron chi connectivity index (χ3n) is 7.16. The molecule has 16 nitrogen and oxygen atoms in total. The number of esters is 2. The molecule has 1 saturated heterocycles. The quantitative estimate of drug-likeness (QED) is 0.145. The van der Waals surface area contributed by atoms with Gasteiger partial charge in [-0.3, -0.25) is 18.7 Å². The first-order valence-electron chi connectivity index (χ1n) is 15.2. The number of carbonyl (C=O) groups is 3. The molecule has 1 fully saturated rings. The zero-order chi connectivity index (χ0) is 36.5. The summed E-state index contributed by atoms with van der Waals surface area (Å²) in [4.78, 5) is 63.0. The van der Waals surface area contributed by atoms with E-state index in [0.29, 0.717) is 4.57 Å². The Labute approximate surface area is 286 Å². The van der Waals surface area contributed by atoms with Gasteiger partial charge in [0, 0.05) is 23.9 Å². The Bertz CT molecular complexity index is 1620. The number of nitrogens with zero attached hydrogens (tertiary/aromatic N) is 2. The normalized spacial score (nSPS) is 22.0. The number of carbonyl (C=O) groups excluding carboxylic acids is 3. The largest absolute Gasteiger partial charge is 0.462 e. The average molecular weight is 733 g/mol. The molecule has 1 aromatic carbocycles. The van der Waals surface area contributed by atoms with Crippen LogP contribution >= 0.6 is 19.5 Å². The van der Waals surface area contributed by atoms with E-state index >= 15 is 4.39 Å². The Morgan fingerprint density at radius 3 is 2.41 bits per heavy atom. The highest BCUT2D eigenvalue weighted by atomic mass is 32.2. The number of hydrogen-bond acceptors (Lipinski definition) is 13. The number of rotatable bonds is 16. The number of halogens is 1. The lowest BCUT2D eigenvalue weighted by Crippen LogP contribution is -2.49. The minimum absolute atomic E-state index is 0.160. The molecule has 19 heteroatoms. The molecule has 3 rings (SSSR count). The number of para-hydroxylation sites is 1. The van der Waals surface area contributed by atoms with Crippen molar-refractivity contribution in [3.63, 3.8) is 0 Å². The maximum Gasteiger partial charge on any atom is 0.459 e. The predicted octanol–water partition coefficient (Wildman–Crippen LogP) is 3.14. The van der Waals surface area contributed by atoms with Crippen molar-refractivity contribution in [1.82, 2.24) is 19.5 Å². The summed E-state index contributed by atoms with van der Waals surface area (Å²) in [7, 11) is -3.18. The Morgan fingerprint density at radius 2 is 1.80 bits per heavy atom. The van der Waals surface area contributed by atoms with Gasteiger partial charge in [-0.25, -0.2) is 27.9 Å². The monoisotopic (exact) mass is 732 g/mol. The van der Waals surface area contributed by atoms with Crippen LogP contribution in [0.2, 0.25) is 0 Å². The van der Waals surface area contributed by atoms with Crippen molar-refractivity contribution in [1.29, 1.82) is 0 Å². The molecule has 2 unspecified atom stereocenters. The van der Waals surface area contributed by atoms with Crippen LogP contribution in [-0.4, -0.2) is 82.3 Å². The maximum atomic E-state index is 16.0. The molecule has 2 heterocycles. The predicted molar refractivity (Wildman–Crippen MR) is 176 cm³/mol. The third kappa shape index (κ3) is 10.9. The number of methoxy groups -OCH3 is 1. The molecule has 0 spiro atoms. The van der Waals surface area contributed by atoms with Gasteiger partial charge in [0.25, 0.3) is 5.56 Å². The highest BCUT2D eigenvalue weighted by molar-refractivity contribution is 7.99. The van der Waals surface area contributed by atoms with E-state index in [1.54, 1.807) is 45.2 Å². The maximum absolute atomic E-state index is 16.0. The number of benzene rings is 1. The summed E-state index contributed by atoms with van der Waals surface area (Å²) in [5, 5.41) is 4.42. The Morgan fingerprint density at radius 1 is 1.12 bits per heavy atom. The van der Waals surface area contributed by atoms with Gasteiger partial charge in [-0.05, 0) is 46.1 Å².